The number of rotatable bonds is 3. The van der Waals surface area contributed by atoms with Crippen molar-refractivity contribution in [1.29, 1.82) is 0 Å². The molecule has 0 saturated heterocycles. The number of hydrogen-bond donors (Lipinski definition) is 2. The van der Waals surface area contributed by atoms with Crippen LogP contribution < -0.4 is 11.1 Å². The van der Waals surface area contributed by atoms with Gasteiger partial charge in [0.15, 0.2) is 5.76 Å². The van der Waals surface area contributed by atoms with Gasteiger partial charge in [0.2, 0.25) is 0 Å². The van der Waals surface area contributed by atoms with E-state index in [1.54, 1.807) is 12.1 Å². The van der Waals surface area contributed by atoms with Crippen molar-refractivity contribution in [3.8, 4) is 0 Å². The van der Waals surface area contributed by atoms with E-state index >= 15 is 0 Å². The monoisotopic (exact) mass is 450 g/mol. The molecule has 3 N–H and O–H groups in total. The van der Waals surface area contributed by atoms with E-state index in [2.05, 4.69) is 53.1 Å². The number of carbonyl (C=O) groups is 1. The van der Waals surface area contributed by atoms with E-state index in [0.29, 0.717) is 11.4 Å². The summed E-state index contributed by atoms with van der Waals surface area (Å²) in [6.07, 6.45) is 0. The number of amides is 1. The largest absolute Gasteiger partial charge is 0.455 e. The highest BCUT2D eigenvalue weighted by molar-refractivity contribution is 9.11. The number of carbonyl (C=O) groups excluding carboxylic acids is 1. The van der Waals surface area contributed by atoms with Gasteiger partial charge >= 0.3 is 0 Å². The van der Waals surface area contributed by atoms with Crippen molar-refractivity contribution >= 4 is 59.4 Å². The number of anilines is 1. The summed E-state index contributed by atoms with van der Waals surface area (Å²) >= 11 is 10.2. The molecule has 1 aromatic heterocycles. The summed E-state index contributed by atoms with van der Waals surface area (Å²) in [5.41, 5.74) is 6.07. The van der Waals surface area contributed by atoms with Gasteiger partial charge in [0, 0.05) is 13.4 Å². The van der Waals surface area contributed by atoms with Crippen LogP contribution in [0.5, 0.6) is 0 Å². The van der Waals surface area contributed by atoms with Crippen molar-refractivity contribution in [1.82, 2.24) is 0 Å². The van der Waals surface area contributed by atoms with Crippen molar-refractivity contribution in [2.45, 2.75) is 6.54 Å². The third-order valence-electron chi connectivity index (χ3n) is 2.33. The highest BCUT2D eigenvalue weighted by Crippen LogP contribution is 2.34. The van der Waals surface area contributed by atoms with Gasteiger partial charge in [-0.3, -0.25) is 4.79 Å². The minimum absolute atomic E-state index is 0.224. The predicted octanol–water partition coefficient (Wildman–Crippen LogP) is 4.28. The highest BCUT2D eigenvalue weighted by Gasteiger charge is 2.15. The van der Waals surface area contributed by atoms with Gasteiger partial charge in [0.25, 0.3) is 5.91 Å². The second-order valence-electron chi connectivity index (χ2n) is 3.67. The molecule has 2 aromatic rings. The molecule has 2 rings (SSSR count). The molecule has 0 unspecified atom stereocenters. The number of furan rings is 1. The normalized spacial score (nSPS) is 10.5. The summed E-state index contributed by atoms with van der Waals surface area (Å²) in [5, 5.41) is 2.77. The standard InChI is InChI=1S/C12H9Br3N2O2/c13-6-3-8(14)11(9(15)4-6)17-12(18)10-2-1-7(5-16)19-10/h1-4H,5,16H2,(H,17,18). The number of hydrogen-bond acceptors (Lipinski definition) is 3. The van der Waals surface area contributed by atoms with Gasteiger partial charge in [0.05, 0.1) is 12.2 Å². The fraction of sp³-hybridized carbons (Fsp3) is 0.0833. The summed E-state index contributed by atoms with van der Waals surface area (Å²) in [6, 6.07) is 6.96. The molecule has 1 amide bonds. The Hall–Kier alpha value is -0.630. The topological polar surface area (TPSA) is 68.3 Å². The molecule has 0 atom stereocenters. The Morgan fingerprint density at radius 2 is 1.84 bits per heavy atom. The minimum atomic E-state index is -0.330. The molecule has 1 aromatic carbocycles. The molecule has 0 aliphatic heterocycles. The molecule has 7 heteroatoms. The average Bonchev–Trinajstić information content (AvgIpc) is 2.82. The van der Waals surface area contributed by atoms with Gasteiger partial charge in [-0.2, -0.15) is 0 Å². The Kier molecular flexibility index (Phi) is 4.83. The van der Waals surface area contributed by atoms with Crippen molar-refractivity contribution in [2.75, 3.05) is 5.32 Å². The SMILES string of the molecule is NCc1ccc(C(=O)Nc2c(Br)cc(Br)cc2Br)o1. The van der Waals surface area contributed by atoms with Crippen LogP contribution in [0.3, 0.4) is 0 Å². The zero-order chi connectivity index (χ0) is 14.0. The molecule has 4 nitrogen and oxygen atoms in total. The van der Waals surface area contributed by atoms with Gasteiger partial charge in [-0.1, -0.05) is 15.9 Å². The molecular formula is C12H9Br3N2O2. The molecule has 0 aliphatic carbocycles. The lowest BCUT2D eigenvalue weighted by Crippen LogP contribution is -2.12. The molecule has 0 radical (unpaired) electrons. The lowest BCUT2D eigenvalue weighted by atomic mass is 10.3. The van der Waals surface area contributed by atoms with Crippen molar-refractivity contribution in [3.05, 3.63) is 49.2 Å². The Morgan fingerprint density at radius 3 is 2.37 bits per heavy atom. The van der Waals surface area contributed by atoms with Crippen LogP contribution in [0.15, 0.2) is 42.1 Å². The summed E-state index contributed by atoms with van der Waals surface area (Å²) < 4.78 is 7.70. The average molecular weight is 453 g/mol. The zero-order valence-corrected chi connectivity index (χ0v) is 14.3. The van der Waals surface area contributed by atoms with E-state index in [1.807, 2.05) is 12.1 Å². The van der Waals surface area contributed by atoms with E-state index in [-0.39, 0.29) is 18.2 Å². The van der Waals surface area contributed by atoms with Gasteiger partial charge in [-0.25, -0.2) is 0 Å². The van der Waals surface area contributed by atoms with Crippen LogP contribution in [0, 0.1) is 0 Å². The number of halogens is 3. The third-order valence-corrected chi connectivity index (χ3v) is 4.04. The number of nitrogens with two attached hydrogens (primary N) is 1. The Balaban J connectivity index is 2.24. The van der Waals surface area contributed by atoms with E-state index < -0.39 is 0 Å². The van der Waals surface area contributed by atoms with Gasteiger partial charge in [0.1, 0.15) is 5.76 Å². The maximum atomic E-state index is 12.0. The number of benzene rings is 1. The first-order chi connectivity index (χ1) is 9.01. The van der Waals surface area contributed by atoms with E-state index in [4.69, 9.17) is 10.2 Å². The smallest absolute Gasteiger partial charge is 0.291 e. The molecule has 0 aliphatic rings. The first kappa shape index (κ1) is 14.8. The minimum Gasteiger partial charge on any atom is -0.455 e. The van der Waals surface area contributed by atoms with Crippen molar-refractivity contribution in [2.24, 2.45) is 5.73 Å². The lowest BCUT2D eigenvalue weighted by Gasteiger charge is -2.09. The van der Waals surface area contributed by atoms with E-state index in [0.717, 1.165) is 13.4 Å². The molecule has 0 bridgehead atoms. The van der Waals surface area contributed by atoms with Crippen LogP contribution in [-0.4, -0.2) is 5.91 Å². The maximum absolute atomic E-state index is 12.0. The van der Waals surface area contributed by atoms with E-state index in [9.17, 15) is 4.79 Å². The van der Waals surface area contributed by atoms with Crippen LogP contribution >= 0.6 is 47.8 Å². The molecule has 0 saturated carbocycles. The molecule has 19 heavy (non-hydrogen) atoms. The predicted molar refractivity (Wildman–Crippen MR) is 84.1 cm³/mol. The summed E-state index contributed by atoms with van der Waals surface area (Å²) in [7, 11) is 0. The molecule has 100 valence electrons. The highest BCUT2D eigenvalue weighted by atomic mass is 79.9. The molecule has 0 spiro atoms. The number of nitrogens with one attached hydrogen (secondary N) is 1. The van der Waals surface area contributed by atoms with Gasteiger partial charge in [-0.05, 0) is 56.1 Å². The van der Waals surface area contributed by atoms with Crippen LogP contribution in [-0.2, 0) is 6.54 Å². The Bertz CT molecular complexity index is 602. The zero-order valence-electron chi connectivity index (χ0n) is 9.54. The van der Waals surface area contributed by atoms with Gasteiger partial charge < -0.3 is 15.5 Å². The van der Waals surface area contributed by atoms with Crippen LogP contribution in [0.25, 0.3) is 0 Å². The van der Waals surface area contributed by atoms with Crippen molar-refractivity contribution < 1.29 is 9.21 Å². The quantitative estimate of drug-likeness (QED) is 0.730. The fourth-order valence-corrected chi connectivity index (χ4v) is 3.90. The Morgan fingerprint density at radius 1 is 1.21 bits per heavy atom. The van der Waals surface area contributed by atoms with Gasteiger partial charge in [-0.15, -0.1) is 0 Å². The van der Waals surface area contributed by atoms with E-state index in [1.165, 1.54) is 0 Å². The molecule has 0 fully saturated rings. The first-order valence-electron chi connectivity index (χ1n) is 5.26. The summed E-state index contributed by atoms with van der Waals surface area (Å²) in [6.45, 7) is 0.263. The van der Waals surface area contributed by atoms with Crippen molar-refractivity contribution in [3.63, 3.8) is 0 Å². The fourth-order valence-electron chi connectivity index (χ4n) is 1.45. The second-order valence-corrected chi connectivity index (χ2v) is 6.29. The summed E-state index contributed by atoms with van der Waals surface area (Å²) in [5.74, 6) is 0.463. The summed E-state index contributed by atoms with van der Waals surface area (Å²) in [4.78, 5) is 12.0. The third kappa shape index (κ3) is 3.47. The first-order valence-corrected chi connectivity index (χ1v) is 7.64. The van der Waals surface area contributed by atoms with Crippen LogP contribution in [0.1, 0.15) is 16.3 Å². The second kappa shape index (κ2) is 6.21. The lowest BCUT2D eigenvalue weighted by molar-refractivity contribution is 0.0995. The molecule has 1 heterocycles. The maximum Gasteiger partial charge on any atom is 0.291 e. The van der Waals surface area contributed by atoms with Crippen LogP contribution in [0.2, 0.25) is 0 Å². The molecular weight excluding hydrogens is 444 g/mol. The van der Waals surface area contributed by atoms with Crippen LogP contribution in [0.4, 0.5) is 5.69 Å². The Labute approximate surface area is 135 Å².